The third kappa shape index (κ3) is 3.47. The third-order valence-corrected chi connectivity index (χ3v) is 2.17. The van der Waals surface area contributed by atoms with Gasteiger partial charge in [-0.15, -0.1) is 0 Å². The van der Waals surface area contributed by atoms with Crippen LogP contribution in [0, 0.1) is 10.1 Å². The van der Waals surface area contributed by atoms with E-state index in [9.17, 15) is 10.1 Å². The molecule has 0 saturated carbocycles. The van der Waals surface area contributed by atoms with Gasteiger partial charge in [0.05, 0.1) is 11.5 Å². The van der Waals surface area contributed by atoms with Crippen LogP contribution in [0.3, 0.4) is 0 Å². The van der Waals surface area contributed by atoms with E-state index in [0.717, 1.165) is 12.8 Å². The number of aromatic nitrogens is 1. The van der Waals surface area contributed by atoms with Crippen LogP contribution in [0.25, 0.3) is 0 Å². The molecule has 0 spiro atoms. The molecule has 1 aromatic heterocycles. The van der Waals surface area contributed by atoms with Crippen molar-refractivity contribution in [1.82, 2.24) is 4.98 Å². The Morgan fingerprint density at radius 1 is 1.67 bits per heavy atom. The van der Waals surface area contributed by atoms with Crippen LogP contribution in [0.5, 0.6) is 5.88 Å². The Labute approximate surface area is 95.7 Å². The van der Waals surface area contributed by atoms with E-state index < -0.39 is 4.92 Å². The van der Waals surface area contributed by atoms with Gasteiger partial charge in [0.1, 0.15) is 0 Å². The van der Waals surface area contributed by atoms with Crippen molar-refractivity contribution in [2.75, 3.05) is 6.61 Å². The summed E-state index contributed by atoms with van der Waals surface area (Å²) in [7, 11) is 0. The first kappa shape index (κ1) is 11.9. The van der Waals surface area contributed by atoms with E-state index in [1.807, 2.05) is 6.92 Å². The fraction of sp³-hybridized carbons (Fsp3) is 0.444. The van der Waals surface area contributed by atoms with Crippen LogP contribution >= 0.6 is 15.9 Å². The Morgan fingerprint density at radius 2 is 2.40 bits per heavy atom. The zero-order chi connectivity index (χ0) is 11.3. The van der Waals surface area contributed by atoms with Crippen molar-refractivity contribution in [3.8, 4) is 5.88 Å². The normalized spacial score (nSPS) is 10.0. The minimum atomic E-state index is -0.501. The van der Waals surface area contributed by atoms with Crippen molar-refractivity contribution >= 4 is 21.6 Å². The summed E-state index contributed by atoms with van der Waals surface area (Å²) in [5, 5.41) is 10.7. The highest BCUT2D eigenvalue weighted by atomic mass is 79.9. The molecule has 0 N–H and O–H groups in total. The average molecular weight is 275 g/mol. The van der Waals surface area contributed by atoms with Crippen molar-refractivity contribution in [3.05, 3.63) is 26.9 Å². The fourth-order valence-corrected chi connectivity index (χ4v) is 1.29. The van der Waals surface area contributed by atoms with Crippen molar-refractivity contribution in [1.29, 1.82) is 0 Å². The van der Waals surface area contributed by atoms with E-state index >= 15 is 0 Å². The van der Waals surface area contributed by atoms with Gasteiger partial charge in [-0.3, -0.25) is 10.1 Å². The summed E-state index contributed by atoms with van der Waals surface area (Å²) in [4.78, 5) is 14.0. The summed E-state index contributed by atoms with van der Waals surface area (Å²) >= 11 is 3.12. The van der Waals surface area contributed by atoms with Crippen LogP contribution in [-0.4, -0.2) is 16.5 Å². The van der Waals surface area contributed by atoms with Gasteiger partial charge in [-0.2, -0.15) is 0 Å². The van der Waals surface area contributed by atoms with Gasteiger partial charge in [-0.05, 0) is 22.4 Å². The maximum Gasteiger partial charge on any atom is 0.332 e. The number of pyridine rings is 1. The van der Waals surface area contributed by atoms with Crippen molar-refractivity contribution < 1.29 is 9.66 Å². The number of halogens is 1. The van der Waals surface area contributed by atoms with E-state index in [1.165, 1.54) is 12.3 Å². The highest BCUT2D eigenvalue weighted by Gasteiger charge is 2.16. The summed E-state index contributed by atoms with van der Waals surface area (Å²) in [5.74, 6) is 0.0802. The van der Waals surface area contributed by atoms with Gasteiger partial charge in [0.15, 0.2) is 0 Å². The van der Waals surface area contributed by atoms with Crippen molar-refractivity contribution in [3.63, 3.8) is 0 Å². The van der Waals surface area contributed by atoms with Gasteiger partial charge in [0.25, 0.3) is 5.88 Å². The number of rotatable bonds is 5. The zero-order valence-electron chi connectivity index (χ0n) is 8.27. The fourth-order valence-electron chi connectivity index (χ4n) is 0.971. The first-order valence-electron chi connectivity index (χ1n) is 4.58. The second-order valence-corrected chi connectivity index (χ2v) is 3.85. The number of nitrogens with zero attached hydrogens (tertiary/aromatic N) is 2. The van der Waals surface area contributed by atoms with E-state index in [4.69, 9.17) is 4.74 Å². The minimum Gasteiger partial charge on any atom is -0.473 e. The standard InChI is InChI=1S/C9H11BrN2O3/c1-2-3-4-15-9-8(12(13)14)5-7(10)6-11-9/h5-6H,2-4H2,1H3. The van der Waals surface area contributed by atoms with Gasteiger partial charge >= 0.3 is 5.69 Å². The highest BCUT2D eigenvalue weighted by molar-refractivity contribution is 9.10. The molecule has 0 fully saturated rings. The molecule has 0 amide bonds. The highest BCUT2D eigenvalue weighted by Crippen LogP contribution is 2.27. The number of hydrogen-bond donors (Lipinski definition) is 0. The predicted octanol–water partition coefficient (Wildman–Crippen LogP) is 2.93. The Kier molecular flexibility index (Phi) is 4.48. The van der Waals surface area contributed by atoms with E-state index in [1.54, 1.807) is 0 Å². The number of hydrogen-bond acceptors (Lipinski definition) is 4. The van der Waals surface area contributed by atoms with E-state index in [-0.39, 0.29) is 11.6 Å². The van der Waals surface area contributed by atoms with Crippen LogP contribution in [0.4, 0.5) is 5.69 Å². The molecule has 0 aromatic carbocycles. The van der Waals surface area contributed by atoms with Gasteiger partial charge in [0, 0.05) is 16.7 Å². The topological polar surface area (TPSA) is 65.3 Å². The summed E-state index contributed by atoms with van der Waals surface area (Å²) in [6.07, 6.45) is 3.31. The molecule has 0 aliphatic heterocycles. The monoisotopic (exact) mass is 274 g/mol. The Balaban J connectivity index is 2.81. The van der Waals surface area contributed by atoms with Gasteiger partial charge < -0.3 is 4.74 Å². The molecule has 0 radical (unpaired) electrons. The van der Waals surface area contributed by atoms with E-state index in [0.29, 0.717) is 11.1 Å². The van der Waals surface area contributed by atoms with Crippen molar-refractivity contribution in [2.24, 2.45) is 0 Å². The molecule has 5 nitrogen and oxygen atoms in total. The lowest BCUT2D eigenvalue weighted by molar-refractivity contribution is -0.386. The summed E-state index contributed by atoms with van der Waals surface area (Å²) in [6.45, 7) is 2.47. The second kappa shape index (κ2) is 5.65. The Morgan fingerprint density at radius 3 is 3.00 bits per heavy atom. The molecule has 0 unspecified atom stereocenters. The van der Waals surface area contributed by atoms with Gasteiger partial charge in [-0.25, -0.2) is 4.98 Å². The van der Waals surface area contributed by atoms with Crippen molar-refractivity contribution in [2.45, 2.75) is 19.8 Å². The molecular formula is C9H11BrN2O3. The summed E-state index contributed by atoms with van der Waals surface area (Å²) < 4.78 is 5.79. The van der Waals surface area contributed by atoms with E-state index in [2.05, 4.69) is 20.9 Å². The molecule has 6 heteroatoms. The first-order valence-corrected chi connectivity index (χ1v) is 5.37. The maximum atomic E-state index is 10.7. The minimum absolute atomic E-state index is 0.0802. The number of unbranched alkanes of at least 4 members (excludes halogenated alkanes) is 1. The Hall–Kier alpha value is -1.17. The summed E-state index contributed by atoms with van der Waals surface area (Å²) in [5.41, 5.74) is -0.111. The molecule has 1 rings (SSSR count). The second-order valence-electron chi connectivity index (χ2n) is 2.94. The lowest BCUT2D eigenvalue weighted by atomic mass is 10.3. The van der Waals surface area contributed by atoms with Crippen LogP contribution in [0.15, 0.2) is 16.7 Å². The van der Waals surface area contributed by atoms with Gasteiger partial charge in [-0.1, -0.05) is 13.3 Å². The van der Waals surface area contributed by atoms with Crippen LogP contribution in [0.2, 0.25) is 0 Å². The molecule has 0 aliphatic rings. The van der Waals surface area contributed by atoms with Crippen LogP contribution < -0.4 is 4.74 Å². The van der Waals surface area contributed by atoms with Crippen LogP contribution in [-0.2, 0) is 0 Å². The summed E-state index contributed by atoms with van der Waals surface area (Å²) in [6, 6.07) is 1.38. The maximum absolute atomic E-state index is 10.7. The molecule has 0 bridgehead atoms. The SMILES string of the molecule is CCCCOc1ncc(Br)cc1[N+](=O)[O-]. The third-order valence-electron chi connectivity index (χ3n) is 1.73. The van der Waals surface area contributed by atoms with Crippen LogP contribution in [0.1, 0.15) is 19.8 Å². The predicted molar refractivity (Wildman–Crippen MR) is 59.0 cm³/mol. The lowest BCUT2D eigenvalue weighted by Gasteiger charge is -2.04. The molecule has 0 saturated heterocycles. The Bertz CT molecular complexity index is 357. The first-order chi connectivity index (χ1) is 7.15. The largest absolute Gasteiger partial charge is 0.473 e. The molecule has 82 valence electrons. The lowest BCUT2D eigenvalue weighted by Crippen LogP contribution is -2.02. The molecule has 1 aromatic rings. The smallest absolute Gasteiger partial charge is 0.332 e. The molecule has 1 heterocycles. The molecule has 0 aliphatic carbocycles. The molecular weight excluding hydrogens is 264 g/mol. The number of nitro groups is 1. The number of ether oxygens (including phenoxy) is 1. The van der Waals surface area contributed by atoms with Gasteiger partial charge in [0.2, 0.25) is 0 Å². The molecule has 0 atom stereocenters. The quantitative estimate of drug-likeness (QED) is 0.470. The molecule has 15 heavy (non-hydrogen) atoms. The zero-order valence-corrected chi connectivity index (χ0v) is 9.86. The average Bonchev–Trinajstić information content (AvgIpc) is 2.20.